The van der Waals surface area contributed by atoms with Gasteiger partial charge in [0.15, 0.2) is 5.11 Å². The van der Waals surface area contributed by atoms with Gasteiger partial charge in [-0.05, 0) is 54.0 Å². The quantitative estimate of drug-likeness (QED) is 0.730. The van der Waals surface area contributed by atoms with Gasteiger partial charge in [0.05, 0.1) is 13.2 Å². The first kappa shape index (κ1) is 18.8. The van der Waals surface area contributed by atoms with E-state index in [9.17, 15) is 4.79 Å². The lowest BCUT2D eigenvalue weighted by atomic mass is 10.2. The number of carbonyl (C=O) groups is 1. The predicted octanol–water partition coefficient (Wildman–Crippen LogP) is 2.24. The Labute approximate surface area is 151 Å². The van der Waals surface area contributed by atoms with Crippen molar-refractivity contribution in [3.63, 3.8) is 0 Å². The molecule has 0 fully saturated rings. The van der Waals surface area contributed by atoms with Gasteiger partial charge in [-0.25, -0.2) is 0 Å². The van der Waals surface area contributed by atoms with Gasteiger partial charge in [-0.15, -0.1) is 5.10 Å². The number of benzene rings is 1. The van der Waals surface area contributed by atoms with E-state index in [1.165, 1.54) is 4.80 Å². The van der Waals surface area contributed by atoms with E-state index in [4.69, 9.17) is 17.0 Å². The molecule has 0 spiro atoms. The summed E-state index contributed by atoms with van der Waals surface area (Å²) in [6, 6.07) is 6.86. The Morgan fingerprint density at radius 2 is 2.04 bits per heavy atom. The predicted molar refractivity (Wildman–Crippen MR) is 98.6 cm³/mol. The smallest absolute Gasteiger partial charge is 0.269 e. The van der Waals surface area contributed by atoms with Gasteiger partial charge >= 0.3 is 0 Å². The summed E-state index contributed by atoms with van der Waals surface area (Å²) in [5.74, 6) is 1.05. The molecule has 0 aliphatic rings. The summed E-state index contributed by atoms with van der Waals surface area (Å²) < 4.78 is 5.48. The fourth-order valence-corrected chi connectivity index (χ4v) is 2.11. The van der Waals surface area contributed by atoms with Crippen LogP contribution in [0.25, 0.3) is 0 Å². The number of nitrogens with one attached hydrogen (secondary N) is 2. The molecule has 0 unspecified atom stereocenters. The summed E-state index contributed by atoms with van der Waals surface area (Å²) in [7, 11) is 0. The van der Waals surface area contributed by atoms with Crippen LogP contribution in [0.1, 0.15) is 37.6 Å². The molecule has 1 aromatic heterocycles. The van der Waals surface area contributed by atoms with Gasteiger partial charge in [-0.2, -0.15) is 4.80 Å². The third-order valence-corrected chi connectivity index (χ3v) is 3.23. The minimum absolute atomic E-state index is 0.111. The second kappa shape index (κ2) is 9.07. The SMILES string of the molecule is CCCOc1ccc(C(=O)NC(=S)Nc2nnn(CC(C)C)n2)cc1. The summed E-state index contributed by atoms with van der Waals surface area (Å²) in [5, 5.41) is 17.3. The maximum Gasteiger partial charge on any atom is 0.269 e. The highest BCUT2D eigenvalue weighted by atomic mass is 32.1. The van der Waals surface area contributed by atoms with Gasteiger partial charge in [-0.1, -0.05) is 25.9 Å². The standard InChI is InChI=1S/C16H22N6O2S/c1-4-9-24-13-7-5-12(6-8-13)14(23)17-16(25)18-15-19-21-22(20-15)10-11(2)3/h5-8,11H,4,9-10H2,1-3H3,(H2,17,18,20,23,25). The maximum absolute atomic E-state index is 12.2. The average Bonchev–Trinajstić information content (AvgIpc) is 2.99. The van der Waals surface area contributed by atoms with Gasteiger partial charge in [0.1, 0.15) is 5.75 Å². The van der Waals surface area contributed by atoms with Crippen molar-refractivity contribution in [2.45, 2.75) is 33.7 Å². The van der Waals surface area contributed by atoms with Crippen LogP contribution in [-0.4, -0.2) is 37.8 Å². The van der Waals surface area contributed by atoms with Crippen molar-refractivity contribution in [1.82, 2.24) is 25.5 Å². The zero-order chi connectivity index (χ0) is 18.2. The molecule has 0 radical (unpaired) electrons. The van der Waals surface area contributed by atoms with Crippen LogP contribution in [-0.2, 0) is 6.54 Å². The molecule has 0 aliphatic heterocycles. The second-order valence-electron chi connectivity index (χ2n) is 5.84. The fraction of sp³-hybridized carbons (Fsp3) is 0.438. The van der Waals surface area contributed by atoms with E-state index in [1.807, 2.05) is 6.92 Å². The van der Waals surface area contributed by atoms with Crippen LogP contribution >= 0.6 is 12.2 Å². The van der Waals surface area contributed by atoms with Crippen LogP contribution in [0, 0.1) is 5.92 Å². The number of carbonyl (C=O) groups excluding carboxylic acids is 1. The summed E-state index contributed by atoms with van der Waals surface area (Å²) in [6.45, 7) is 7.44. The van der Waals surface area contributed by atoms with Gasteiger partial charge in [0.25, 0.3) is 11.9 Å². The number of anilines is 1. The van der Waals surface area contributed by atoms with E-state index < -0.39 is 0 Å². The Kier molecular flexibility index (Phi) is 6.81. The number of thiocarbonyl (C=S) groups is 1. The highest BCUT2D eigenvalue weighted by molar-refractivity contribution is 7.80. The Hall–Kier alpha value is -2.55. The van der Waals surface area contributed by atoms with Crippen LogP contribution in [0.2, 0.25) is 0 Å². The fourth-order valence-electron chi connectivity index (χ4n) is 1.93. The highest BCUT2D eigenvalue weighted by Gasteiger charge is 2.11. The van der Waals surface area contributed by atoms with Crippen molar-refractivity contribution in [1.29, 1.82) is 0 Å². The molecule has 0 saturated carbocycles. The van der Waals surface area contributed by atoms with Crippen molar-refractivity contribution in [3.8, 4) is 5.75 Å². The lowest BCUT2D eigenvalue weighted by molar-refractivity contribution is 0.0977. The molecule has 0 atom stereocenters. The number of nitrogens with zero attached hydrogens (tertiary/aromatic N) is 4. The number of tetrazole rings is 1. The monoisotopic (exact) mass is 362 g/mol. The lowest BCUT2D eigenvalue weighted by Gasteiger charge is -2.08. The van der Waals surface area contributed by atoms with E-state index in [1.54, 1.807) is 24.3 Å². The zero-order valence-corrected chi connectivity index (χ0v) is 15.3. The van der Waals surface area contributed by atoms with Crippen LogP contribution in [0.4, 0.5) is 5.95 Å². The maximum atomic E-state index is 12.2. The van der Waals surface area contributed by atoms with E-state index in [2.05, 4.69) is 39.9 Å². The Morgan fingerprint density at radius 3 is 2.68 bits per heavy atom. The molecule has 25 heavy (non-hydrogen) atoms. The number of amides is 1. The summed E-state index contributed by atoms with van der Waals surface area (Å²) in [5.41, 5.74) is 0.476. The highest BCUT2D eigenvalue weighted by Crippen LogP contribution is 2.12. The molecule has 134 valence electrons. The third kappa shape index (κ3) is 6.11. The van der Waals surface area contributed by atoms with Gasteiger partial charge in [0.2, 0.25) is 0 Å². The first-order valence-corrected chi connectivity index (χ1v) is 8.51. The van der Waals surface area contributed by atoms with E-state index in [0.29, 0.717) is 24.6 Å². The first-order valence-electron chi connectivity index (χ1n) is 8.11. The van der Waals surface area contributed by atoms with E-state index in [-0.39, 0.29) is 17.0 Å². The minimum Gasteiger partial charge on any atom is -0.494 e. The number of ether oxygens (including phenoxy) is 1. The average molecular weight is 362 g/mol. The van der Waals surface area contributed by atoms with Crippen molar-refractivity contribution in [2.75, 3.05) is 11.9 Å². The van der Waals surface area contributed by atoms with Crippen LogP contribution < -0.4 is 15.4 Å². The van der Waals surface area contributed by atoms with Crippen molar-refractivity contribution in [2.24, 2.45) is 5.92 Å². The molecule has 0 aliphatic carbocycles. The van der Waals surface area contributed by atoms with Crippen LogP contribution in [0.15, 0.2) is 24.3 Å². The van der Waals surface area contributed by atoms with Crippen molar-refractivity contribution < 1.29 is 9.53 Å². The Morgan fingerprint density at radius 1 is 1.32 bits per heavy atom. The Balaban J connectivity index is 1.87. The molecule has 2 aromatic rings. The summed E-state index contributed by atoms with van der Waals surface area (Å²) in [6.07, 6.45) is 0.929. The Bertz CT molecular complexity index is 714. The van der Waals surface area contributed by atoms with E-state index >= 15 is 0 Å². The normalized spacial score (nSPS) is 10.6. The molecule has 1 heterocycles. The second-order valence-corrected chi connectivity index (χ2v) is 6.25. The number of hydrogen-bond acceptors (Lipinski definition) is 6. The third-order valence-electron chi connectivity index (χ3n) is 3.02. The number of hydrogen-bond donors (Lipinski definition) is 2. The molecular weight excluding hydrogens is 340 g/mol. The topological polar surface area (TPSA) is 94.0 Å². The summed E-state index contributed by atoms with van der Waals surface area (Å²) >= 11 is 5.11. The number of rotatable bonds is 7. The molecule has 2 N–H and O–H groups in total. The van der Waals surface area contributed by atoms with Gasteiger partial charge in [0, 0.05) is 5.56 Å². The molecule has 0 bridgehead atoms. The molecule has 1 amide bonds. The number of aromatic nitrogens is 4. The minimum atomic E-state index is -0.325. The van der Waals surface area contributed by atoms with Crippen LogP contribution in [0.3, 0.4) is 0 Å². The summed E-state index contributed by atoms with van der Waals surface area (Å²) in [4.78, 5) is 13.7. The van der Waals surface area contributed by atoms with Crippen molar-refractivity contribution >= 4 is 29.2 Å². The molecule has 9 heteroatoms. The van der Waals surface area contributed by atoms with Crippen LogP contribution in [0.5, 0.6) is 5.75 Å². The van der Waals surface area contributed by atoms with Crippen molar-refractivity contribution in [3.05, 3.63) is 29.8 Å². The van der Waals surface area contributed by atoms with E-state index in [0.717, 1.165) is 12.2 Å². The molecule has 1 aromatic carbocycles. The lowest BCUT2D eigenvalue weighted by Crippen LogP contribution is -2.34. The molecular formula is C16H22N6O2S. The van der Waals surface area contributed by atoms with Gasteiger partial charge < -0.3 is 4.74 Å². The largest absolute Gasteiger partial charge is 0.494 e. The first-order chi connectivity index (χ1) is 12.0. The van der Waals surface area contributed by atoms with Gasteiger partial charge in [-0.3, -0.25) is 15.4 Å². The molecule has 0 saturated heterocycles. The molecule has 2 rings (SSSR count). The zero-order valence-electron chi connectivity index (χ0n) is 14.5. The molecule has 8 nitrogen and oxygen atoms in total.